The van der Waals surface area contributed by atoms with Gasteiger partial charge >= 0.3 is 0 Å². The molecule has 0 aliphatic carbocycles. The molecule has 2 rings (SSSR count). The van der Waals surface area contributed by atoms with E-state index in [-0.39, 0.29) is 11.4 Å². The number of nitrogens with one attached hydrogen (secondary N) is 1. The maximum atomic E-state index is 10.9. The van der Waals surface area contributed by atoms with Gasteiger partial charge in [-0.3, -0.25) is 4.99 Å². The van der Waals surface area contributed by atoms with E-state index in [1.54, 1.807) is 12.3 Å². The summed E-state index contributed by atoms with van der Waals surface area (Å²) in [5, 5.41) is 8.78. The molecule has 0 unspecified atom stereocenters. The summed E-state index contributed by atoms with van der Waals surface area (Å²) in [4.78, 5) is 25.6. The van der Waals surface area contributed by atoms with Gasteiger partial charge < -0.3 is 5.32 Å². The fourth-order valence-electron chi connectivity index (χ4n) is 1.88. The third-order valence-corrected chi connectivity index (χ3v) is 2.94. The molecule has 0 atom stereocenters. The number of nitroso groups, excluding NO2 is 2. The van der Waals surface area contributed by atoms with Crippen molar-refractivity contribution in [1.29, 1.82) is 0 Å². The number of rotatable bonds is 5. The lowest BCUT2D eigenvalue weighted by Gasteiger charge is -2.10. The molecule has 6 heteroatoms. The molecular weight excluding hydrogens is 268 g/mol. The van der Waals surface area contributed by atoms with Crippen molar-refractivity contribution < 1.29 is 0 Å². The summed E-state index contributed by atoms with van der Waals surface area (Å²) in [6.07, 6.45) is 1.72. The molecule has 0 bridgehead atoms. The molecule has 106 valence electrons. The first-order chi connectivity index (χ1) is 10.2. The molecule has 6 nitrogen and oxygen atoms in total. The number of aryl methyl sites for hydroxylation is 1. The van der Waals surface area contributed by atoms with Gasteiger partial charge in [-0.2, -0.15) is 0 Å². The molecule has 0 fully saturated rings. The van der Waals surface area contributed by atoms with Gasteiger partial charge in [0.1, 0.15) is 11.4 Å². The van der Waals surface area contributed by atoms with Crippen molar-refractivity contribution >= 4 is 34.7 Å². The van der Waals surface area contributed by atoms with Crippen LogP contribution in [0, 0.1) is 16.7 Å². The molecule has 0 aliphatic heterocycles. The number of anilines is 2. The van der Waals surface area contributed by atoms with Gasteiger partial charge in [-0.25, -0.2) is 0 Å². The van der Waals surface area contributed by atoms with Crippen molar-refractivity contribution in [3.05, 3.63) is 51.8 Å². The number of aliphatic imine (C=N–C) groups is 1. The molecule has 2 aromatic rings. The van der Waals surface area contributed by atoms with E-state index >= 15 is 0 Å². The Hall–Kier alpha value is -2.89. The van der Waals surface area contributed by atoms with Crippen molar-refractivity contribution in [2.24, 2.45) is 15.3 Å². The maximum Gasteiger partial charge on any atom is 0.133 e. The van der Waals surface area contributed by atoms with Crippen LogP contribution in [-0.2, 0) is 0 Å². The first-order valence-corrected chi connectivity index (χ1v) is 6.35. The first-order valence-electron chi connectivity index (χ1n) is 6.35. The Morgan fingerprint density at radius 3 is 2.48 bits per heavy atom. The minimum Gasteiger partial charge on any atom is -0.354 e. The Bertz CT molecular complexity index is 711. The predicted molar refractivity (Wildman–Crippen MR) is 85.6 cm³/mol. The average molecular weight is 282 g/mol. The molecular formula is C15H14N4O2. The van der Waals surface area contributed by atoms with Crippen LogP contribution in [0.4, 0.5) is 28.4 Å². The number of hydrogen-bond acceptors (Lipinski definition) is 6. The number of benzene rings is 2. The molecule has 0 amide bonds. The van der Waals surface area contributed by atoms with Gasteiger partial charge in [-0.05, 0) is 60.1 Å². The van der Waals surface area contributed by atoms with E-state index in [4.69, 9.17) is 0 Å². The molecule has 2 aromatic carbocycles. The zero-order chi connectivity index (χ0) is 15.2. The van der Waals surface area contributed by atoms with Gasteiger partial charge in [0, 0.05) is 11.9 Å². The Labute approximate surface area is 121 Å². The van der Waals surface area contributed by atoms with Gasteiger partial charge in [-0.15, -0.1) is 9.81 Å². The Kier molecular flexibility index (Phi) is 4.50. The number of nitrogens with zero attached hydrogens (tertiary/aromatic N) is 3. The lowest BCUT2D eigenvalue weighted by atomic mass is 10.1. The summed E-state index contributed by atoms with van der Waals surface area (Å²) < 4.78 is 0. The quantitative estimate of drug-likeness (QED) is 0.600. The molecule has 21 heavy (non-hydrogen) atoms. The zero-order valence-electron chi connectivity index (χ0n) is 11.7. The van der Waals surface area contributed by atoms with Crippen LogP contribution in [0.1, 0.15) is 12.5 Å². The Morgan fingerprint density at radius 2 is 1.81 bits per heavy atom. The normalized spacial score (nSPS) is 10.6. The lowest BCUT2D eigenvalue weighted by Crippen LogP contribution is -1.91. The minimum absolute atomic E-state index is 0.133. The van der Waals surface area contributed by atoms with Gasteiger partial charge in [0.05, 0.1) is 11.4 Å². The van der Waals surface area contributed by atoms with Gasteiger partial charge in [0.15, 0.2) is 0 Å². The van der Waals surface area contributed by atoms with Crippen molar-refractivity contribution in [3.63, 3.8) is 0 Å². The maximum absolute atomic E-state index is 10.9. The lowest BCUT2D eigenvalue weighted by molar-refractivity contribution is 1.38. The van der Waals surface area contributed by atoms with Crippen LogP contribution in [0.3, 0.4) is 0 Å². The molecule has 0 radical (unpaired) electrons. The topological polar surface area (TPSA) is 83.2 Å². The summed E-state index contributed by atoms with van der Waals surface area (Å²) in [5.41, 5.74) is 3.47. The highest BCUT2D eigenvalue weighted by Crippen LogP contribution is 2.33. The molecule has 0 aromatic heterocycles. The largest absolute Gasteiger partial charge is 0.354 e. The summed E-state index contributed by atoms with van der Waals surface area (Å²) in [7, 11) is 0. The third kappa shape index (κ3) is 3.36. The highest BCUT2D eigenvalue weighted by molar-refractivity contribution is 5.76. The van der Waals surface area contributed by atoms with Crippen molar-refractivity contribution in [3.8, 4) is 0 Å². The van der Waals surface area contributed by atoms with E-state index in [0.717, 1.165) is 16.9 Å². The highest BCUT2D eigenvalue weighted by atomic mass is 16.3. The smallest absolute Gasteiger partial charge is 0.133 e. The van der Waals surface area contributed by atoms with Crippen molar-refractivity contribution in [1.82, 2.24) is 0 Å². The van der Waals surface area contributed by atoms with E-state index < -0.39 is 0 Å². The Morgan fingerprint density at radius 1 is 1.00 bits per heavy atom. The van der Waals surface area contributed by atoms with Crippen LogP contribution in [-0.4, -0.2) is 6.21 Å². The van der Waals surface area contributed by atoms with Crippen LogP contribution >= 0.6 is 0 Å². The second kappa shape index (κ2) is 6.51. The van der Waals surface area contributed by atoms with E-state index in [2.05, 4.69) is 20.7 Å². The van der Waals surface area contributed by atoms with Crippen LogP contribution in [0.25, 0.3) is 0 Å². The summed E-state index contributed by atoms with van der Waals surface area (Å²) in [5.74, 6) is 0. The van der Waals surface area contributed by atoms with E-state index in [1.165, 1.54) is 12.1 Å². The Balaban J connectivity index is 2.36. The molecule has 0 saturated carbocycles. The third-order valence-electron chi connectivity index (χ3n) is 2.94. The van der Waals surface area contributed by atoms with Crippen molar-refractivity contribution in [2.75, 3.05) is 5.32 Å². The summed E-state index contributed by atoms with van der Waals surface area (Å²) in [6.45, 7) is 3.81. The van der Waals surface area contributed by atoms with Gasteiger partial charge in [0.25, 0.3) is 0 Å². The fraction of sp³-hybridized carbons (Fsp3) is 0.133. The van der Waals surface area contributed by atoms with Gasteiger partial charge in [0.2, 0.25) is 0 Å². The van der Waals surface area contributed by atoms with E-state index in [0.29, 0.717) is 5.69 Å². The predicted octanol–water partition coefficient (Wildman–Crippen LogP) is 5.26. The van der Waals surface area contributed by atoms with Gasteiger partial charge in [-0.1, -0.05) is 6.07 Å². The second-order valence-electron chi connectivity index (χ2n) is 4.40. The summed E-state index contributed by atoms with van der Waals surface area (Å²) >= 11 is 0. The molecule has 1 N–H and O–H groups in total. The standard InChI is InChI=1S/C15H14N4O2/c1-3-16-14-8-11(5-4-10(14)2)17-13-7-6-12(18-20)9-15(13)19-21/h3-9,17H,1-2H3. The second-order valence-corrected chi connectivity index (χ2v) is 4.40. The van der Waals surface area contributed by atoms with Crippen LogP contribution < -0.4 is 5.32 Å². The molecule has 0 aliphatic rings. The molecule has 0 spiro atoms. The van der Waals surface area contributed by atoms with Crippen LogP contribution in [0.2, 0.25) is 0 Å². The SMILES string of the molecule is CC=Nc1cc(Nc2ccc(N=O)cc2N=O)ccc1C. The fourth-order valence-corrected chi connectivity index (χ4v) is 1.88. The number of hydrogen-bond donors (Lipinski definition) is 1. The minimum atomic E-state index is 0.133. The molecule has 0 heterocycles. The van der Waals surface area contributed by atoms with Crippen LogP contribution in [0.15, 0.2) is 51.7 Å². The average Bonchev–Trinajstić information content (AvgIpc) is 2.51. The first kappa shape index (κ1) is 14.5. The summed E-state index contributed by atoms with van der Waals surface area (Å²) in [6, 6.07) is 10.1. The molecule has 0 saturated heterocycles. The highest BCUT2D eigenvalue weighted by Gasteiger charge is 2.06. The van der Waals surface area contributed by atoms with E-state index in [9.17, 15) is 9.81 Å². The van der Waals surface area contributed by atoms with Crippen molar-refractivity contribution in [2.45, 2.75) is 13.8 Å². The van der Waals surface area contributed by atoms with Crippen LogP contribution in [0.5, 0.6) is 0 Å². The zero-order valence-corrected chi connectivity index (χ0v) is 11.7. The monoisotopic (exact) mass is 282 g/mol. The van der Waals surface area contributed by atoms with E-state index in [1.807, 2.05) is 32.0 Å².